The number of hydrogen-bond acceptors (Lipinski definition) is 5. The zero-order valence-corrected chi connectivity index (χ0v) is 11.3. The summed E-state index contributed by atoms with van der Waals surface area (Å²) in [5, 5.41) is 4.30. The molecule has 6 heteroatoms. The maximum absolute atomic E-state index is 5.79. The first-order valence-electron chi connectivity index (χ1n) is 6.22. The highest BCUT2D eigenvalue weighted by molar-refractivity contribution is 5.32. The smallest absolute Gasteiger partial charge is 0.246 e. The number of aryl methyl sites for hydroxylation is 1. The molecule has 1 heterocycles. The Morgan fingerprint density at radius 1 is 1.26 bits per heavy atom. The second-order valence-electron chi connectivity index (χ2n) is 4.40. The first-order valence-corrected chi connectivity index (χ1v) is 6.22. The van der Waals surface area contributed by atoms with Crippen LogP contribution in [-0.2, 0) is 6.54 Å². The Morgan fingerprint density at radius 2 is 2.00 bits per heavy atom. The molecule has 2 rings (SSSR count). The topological polar surface area (TPSA) is 69.2 Å². The number of para-hydroxylation sites is 1. The normalized spacial score (nSPS) is 10.4. The highest BCUT2D eigenvalue weighted by Crippen LogP contribution is 2.10. The zero-order chi connectivity index (χ0) is 13.7. The molecule has 19 heavy (non-hydrogen) atoms. The molecule has 0 saturated heterocycles. The van der Waals surface area contributed by atoms with Gasteiger partial charge in [0.15, 0.2) is 0 Å². The van der Waals surface area contributed by atoms with E-state index in [0.717, 1.165) is 12.2 Å². The first-order chi connectivity index (χ1) is 9.16. The Balaban J connectivity index is 1.80. The lowest BCUT2D eigenvalue weighted by Crippen LogP contribution is -2.12. The SMILES string of the molecule is CN(C)c1nc(N)n(CCCOc2ccccc2)n1. The molecule has 2 N–H and O–H groups in total. The molecule has 0 spiro atoms. The van der Waals surface area contributed by atoms with E-state index in [4.69, 9.17) is 10.5 Å². The summed E-state index contributed by atoms with van der Waals surface area (Å²) >= 11 is 0. The molecule has 102 valence electrons. The van der Waals surface area contributed by atoms with E-state index in [1.165, 1.54) is 0 Å². The maximum atomic E-state index is 5.79. The minimum atomic E-state index is 0.434. The molecule has 0 fully saturated rings. The molecule has 0 radical (unpaired) electrons. The summed E-state index contributed by atoms with van der Waals surface area (Å²) in [6, 6.07) is 9.75. The van der Waals surface area contributed by atoms with E-state index in [9.17, 15) is 0 Å². The van der Waals surface area contributed by atoms with E-state index in [2.05, 4.69) is 10.1 Å². The minimum Gasteiger partial charge on any atom is -0.494 e. The number of nitrogens with two attached hydrogens (primary N) is 1. The van der Waals surface area contributed by atoms with Crippen molar-refractivity contribution in [2.24, 2.45) is 0 Å². The molecule has 0 atom stereocenters. The van der Waals surface area contributed by atoms with Crippen molar-refractivity contribution in [3.8, 4) is 5.75 Å². The van der Waals surface area contributed by atoms with Gasteiger partial charge in [0.25, 0.3) is 0 Å². The van der Waals surface area contributed by atoms with Gasteiger partial charge < -0.3 is 15.4 Å². The van der Waals surface area contributed by atoms with Gasteiger partial charge in [-0.05, 0) is 12.1 Å². The van der Waals surface area contributed by atoms with Crippen molar-refractivity contribution in [1.29, 1.82) is 0 Å². The van der Waals surface area contributed by atoms with E-state index in [0.29, 0.717) is 25.0 Å². The van der Waals surface area contributed by atoms with Crippen LogP contribution in [0.2, 0.25) is 0 Å². The second kappa shape index (κ2) is 6.08. The number of hydrogen-bond donors (Lipinski definition) is 1. The number of rotatable bonds is 6. The summed E-state index contributed by atoms with van der Waals surface area (Å²) in [6.07, 6.45) is 0.829. The summed E-state index contributed by atoms with van der Waals surface area (Å²) in [7, 11) is 3.77. The van der Waals surface area contributed by atoms with E-state index in [1.54, 1.807) is 4.68 Å². The molecule has 1 aromatic carbocycles. The predicted octanol–water partition coefficient (Wildman–Crippen LogP) is 1.40. The molecule has 0 aliphatic carbocycles. The molecule has 0 bridgehead atoms. The largest absolute Gasteiger partial charge is 0.494 e. The molecule has 2 aromatic rings. The van der Waals surface area contributed by atoms with Crippen molar-refractivity contribution in [3.63, 3.8) is 0 Å². The lowest BCUT2D eigenvalue weighted by atomic mass is 10.3. The number of ether oxygens (including phenoxy) is 1. The summed E-state index contributed by atoms with van der Waals surface area (Å²) < 4.78 is 7.31. The van der Waals surface area contributed by atoms with E-state index < -0.39 is 0 Å². The number of anilines is 2. The third-order valence-corrected chi connectivity index (χ3v) is 2.62. The van der Waals surface area contributed by atoms with Crippen LogP contribution in [0.5, 0.6) is 5.75 Å². The Hall–Kier alpha value is -2.24. The molecule has 6 nitrogen and oxygen atoms in total. The number of benzene rings is 1. The van der Waals surface area contributed by atoms with Crippen LogP contribution in [0.1, 0.15) is 6.42 Å². The van der Waals surface area contributed by atoms with Crippen molar-refractivity contribution < 1.29 is 4.74 Å². The monoisotopic (exact) mass is 261 g/mol. The van der Waals surface area contributed by atoms with Crippen molar-refractivity contribution in [2.45, 2.75) is 13.0 Å². The third-order valence-electron chi connectivity index (χ3n) is 2.62. The van der Waals surface area contributed by atoms with Crippen molar-refractivity contribution >= 4 is 11.9 Å². The maximum Gasteiger partial charge on any atom is 0.246 e. The summed E-state index contributed by atoms with van der Waals surface area (Å²) in [5.41, 5.74) is 5.79. The number of nitrogen functional groups attached to an aromatic ring is 1. The molecule has 1 aromatic heterocycles. The van der Waals surface area contributed by atoms with Crippen molar-refractivity contribution in [3.05, 3.63) is 30.3 Å². The van der Waals surface area contributed by atoms with Crippen LogP contribution in [0.4, 0.5) is 11.9 Å². The van der Waals surface area contributed by atoms with Crippen molar-refractivity contribution in [2.75, 3.05) is 31.3 Å². The predicted molar refractivity (Wildman–Crippen MR) is 75.3 cm³/mol. The van der Waals surface area contributed by atoms with Gasteiger partial charge in [0.2, 0.25) is 11.9 Å². The average molecular weight is 261 g/mol. The van der Waals surface area contributed by atoms with Crippen LogP contribution in [0.25, 0.3) is 0 Å². The highest BCUT2D eigenvalue weighted by Gasteiger charge is 2.07. The van der Waals surface area contributed by atoms with Gasteiger partial charge in [-0.3, -0.25) is 0 Å². The molecular weight excluding hydrogens is 242 g/mol. The van der Waals surface area contributed by atoms with Gasteiger partial charge in [-0.25, -0.2) is 4.68 Å². The third kappa shape index (κ3) is 3.61. The molecular formula is C13H19N5O. The average Bonchev–Trinajstić information content (AvgIpc) is 2.78. The van der Waals surface area contributed by atoms with Gasteiger partial charge in [-0.1, -0.05) is 18.2 Å². The van der Waals surface area contributed by atoms with E-state index >= 15 is 0 Å². The first kappa shape index (κ1) is 13.2. The van der Waals surface area contributed by atoms with Gasteiger partial charge in [-0.2, -0.15) is 4.98 Å². The minimum absolute atomic E-state index is 0.434. The Labute approximate surface area is 112 Å². The summed E-state index contributed by atoms with van der Waals surface area (Å²) in [6.45, 7) is 1.32. The second-order valence-corrected chi connectivity index (χ2v) is 4.40. The van der Waals surface area contributed by atoms with E-state index in [-0.39, 0.29) is 0 Å². The Morgan fingerprint density at radius 3 is 2.63 bits per heavy atom. The highest BCUT2D eigenvalue weighted by atomic mass is 16.5. The lowest BCUT2D eigenvalue weighted by Gasteiger charge is -2.06. The fraction of sp³-hybridized carbons (Fsp3) is 0.385. The fourth-order valence-corrected chi connectivity index (χ4v) is 1.62. The van der Waals surface area contributed by atoms with Crippen LogP contribution in [0.15, 0.2) is 30.3 Å². The van der Waals surface area contributed by atoms with Crippen LogP contribution < -0.4 is 15.4 Å². The standard InChI is InChI=1S/C13H19N5O/c1-17(2)13-15-12(14)18(16-13)9-6-10-19-11-7-4-3-5-8-11/h3-5,7-8H,6,9-10H2,1-2H3,(H2,14,15,16). The number of nitrogens with zero attached hydrogens (tertiary/aromatic N) is 4. The van der Waals surface area contributed by atoms with Gasteiger partial charge in [0.05, 0.1) is 6.61 Å². The Kier molecular flexibility index (Phi) is 4.22. The fourth-order valence-electron chi connectivity index (χ4n) is 1.62. The lowest BCUT2D eigenvalue weighted by molar-refractivity contribution is 0.299. The van der Waals surface area contributed by atoms with Crippen LogP contribution in [0, 0.1) is 0 Å². The van der Waals surface area contributed by atoms with Crippen molar-refractivity contribution in [1.82, 2.24) is 14.8 Å². The van der Waals surface area contributed by atoms with Gasteiger partial charge in [0, 0.05) is 27.1 Å². The van der Waals surface area contributed by atoms with Crippen LogP contribution in [-0.4, -0.2) is 35.5 Å². The molecule has 0 aliphatic rings. The zero-order valence-electron chi connectivity index (χ0n) is 11.3. The molecule has 0 aliphatic heterocycles. The number of aromatic nitrogens is 3. The molecule has 0 unspecified atom stereocenters. The summed E-state index contributed by atoms with van der Waals surface area (Å²) in [4.78, 5) is 5.99. The van der Waals surface area contributed by atoms with Gasteiger partial charge >= 0.3 is 0 Å². The van der Waals surface area contributed by atoms with Gasteiger partial charge in [0.1, 0.15) is 5.75 Å². The summed E-state index contributed by atoms with van der Waals surface area (Å²) in [5.74, 6) is 1.94. The van der Waals surface area contributed by atoms with E-state index in [1.807, 2.05) is 49.3 Å². The molecule has 0 amide bonds. The molecule has 0 saturated carbocycles. The van der Waals surface area contributed by atoms with Crippen LogP contribution >= 0.6 is 0 Å². The Bertz CT molecular complexity index is 509. The quantitative estimate of drug-likeness (QED) is 0.796. The van der Waals surface area contributed by atoms with Crippen LogP contribution in [0.3, 0.4) is 0 Å². The van der Waals surface area contributed by atoms with Gasteiger partial charge in [-0.15, -0.1) is 5.10 Å².